The van der Waals surface area contributed by atoms with Crippen molar-refractivity contribution >= 4 is 54.4 Å². The van der Waals surface area contributed by atoms with Gasteiger partial charge in [0.25, 0.3) is 0 Å². The largest absolute Gasteiger partial charge is 0.456 e. The SMILES string of the molecule is c1ccc2cc3c(cc2c1)c1cccc2oc4ccnc3c4c21. The van der Waals surface area contributed by atoms with E-state index in [9.17, 15) is 0 Å². The van der Waals surface area contributed by atoms with Crippen LogP contribution in [0.1, 0.15) is 0 Å². The molecule has 6 aromatic rings. The molecule has 0 aliphatic carbocycles. The number of hydrogen-bond donors (Lipinski definition) is 0. The van der Waals surface area contributed by atoms with Gasteiger partial charge in [0.2, 0.25) is 0 Å². The molecular weight excluding hydrogens is 282 g/mol. The third kappa shape index (κ3) is 1.32. The van der Waals surface area contributed by atoms with Crippen LogP contribution in [0.3, 0.4) is 0 Å². The predicted molar refractivity (Wildman–Crippen MR) is 95.2 cm³/mol. The molecule has 0 saturated carbocycles. The second kappa shape index (κ2) is 3.79. The number of hydrogen-bond acceptors (Lipinski definition) is 2. The maximum absolute atomic E-state index is 6.04. The Morgan fingerprint density at radius 2 is 1.43 bits per heavy atom. The van der Waals surface area contributed by atoms with Crippen LogP contribution in [0.4, 0.5) is 0 Å². The number of fused-ring (bicyclic) bond motifs is 4. The summed E-state index contributed by atoms with van der Waals surface area (Å²) in [6.45, 7) is 0. The van der Waals surface area contributed by atoms with E-state index < -0.39 is 0 Å². The van der Waals surface area contributed by atoms with E-state index in [1.807, 2.05) is 18.3 Å². The molecule has 0 unspecified atom stereocenters. The third-order valence-corrected chi connectivity index (χ3v) is 4.84. The van der Waals surface area contributed by atoms with E-state index in [4.69, 9.17) is 4.42 Å². The number of aromatic nitrogens is 1. The van der Waals surface area contributed by atoms with Crippen molar-refractivity contribution in [3.63, 3.8) is 0 Å². The molecule has 0 spiro atoms. The number of furan rings is 1. The first-order chi connectivity index (χ1) is 11.4. The fourth-order valence-electron chi connectivity index (χ4n) is 3.85. The Hall–Kier alpha value is -3.13. The van der Waals surface area contributed by atoms with Crippen LogP contribution in [0.2, 0.25) is 0 Å². The lowest BCUT2D eigenvalue weighted by Gasteiger charge is -2.08. The minimum Gasteiger partial charge on any atom is -0.456 e. The summed E-state index contributed by atoms with van der Waals surface area (Å²) in [6.07, 6.45) is 1.84. The van der Waals surface area contributed by atoms with Crippen LogP contribution in [-0.2, 0) is 0 Å². The van der Waals surface area contributed by atoms with Gasteiger partial charge in [0.15, 0.2) is 0 Å². The highest BCUT2D eigenvalue weighted by atomic mass is 16.3. The van der Waals surface area contributed by atoms with Crippen molar-refractivity contribution in [1.29, 1.82) is 0 Å². The van der Waals surface area contributed by atoms with E-state index in [0.717, 1.165) is 22.1 Å². The van der Waals surface area contributed by atoms with Crippen molar-refractivity contribution in [2.75, 3.05) is 0 Å². The van der Waals surface area contributed by atoms with Crippen LogP contribution in [-0.4, -0.2) is 4.98 Å². The van der Waals surface area contributed by atoms with E-state index >= 15 is 0 Å². The van der Waals surface area contributed by atoms with Crippen molar-refractivity contribution in [3.05, 3.63) is 66.9 Å². The number of benzene rings is 4. The van der Waals surface area contributed by atoms with Gasteiger partial charge in [-0.05, 0) is 45.8 Å². The van der Waals surface area contributed by atoms with Gasteiger partial charge in [0.1, 0.15) is 11.2 Å². The van der Waals surface area contributed by atoms with E-state index in [1.165, 1.54) is 32.3 Å². The van der Waals surface area contributed by atoms with Crippen LogP contribution in [0, 0.1) is 0 Å². The molecule has 0 saturated heterocycles. The van der Waals surface area contributed by atoms with Crippen LogP contribution < -0.4 is 0 Å². The number of pyridine rings is 1. The van der Waals surface area contributed by atoms with E-state index in [2.05, 4.69) is 53.5 Å². The molecule has 2 heteroatoms. The topological polar surface area (TPSA) is 26.0 Å². The van der Waals surface area contributed by atoms with Crippen LogP contribution in [0.15, 0.2) is 71.3 Å². The molecule has 2 nitrogen and oxygen atoms in total. The molecule has 0 aliphatic heterocycles. The lowest BCUT2D eigenvalue weighted by atomic mass is 9.95. The third-order valence-electron chi connectivity index (χ3n) is 4.84. The highest BCUT2D eigenvalue weighted by Crippen LogP contribution is 2.42. The van der Waals surface area contributed by atoms with Crippen LogP contribution >= 0.6 is 0 Å². The van der Waals surface area contributed by atoms with Gasteiger partial charge >= 0.3 is 0 Å². The molecule has 6 rings (SSSR count). The predicted octanol–water partition coefficient (Wildman–Crippen LogP) is 5.88. The Balaban J connectivity index is 2.06. The Morgan fingerprint density at radius 1 is 0.652 bits per heavy atom. The zero-order valence-electron chi connectivity index (χ0n) is 12.2. The average molecular weight is 293 g/mol. The number of nitrogens with zero attached hydrogens (tertiary/aromatic N) is 1. The molecule has 0 amide bonds. The first-order valence-corrected chi connectivity index (χ1v) is 7.74. The molecule has 0 N–H and O–H groups in total. The highest BCUT2D eigenvalue weighted by molar-refractivity contribution is 6.33. The summed E-state index contributed by atoms with van der Waals surface area (Å²) in [7, 11) is 0. The van der Waals surface area contributed by atoms with Gasteiger partial charge in [0.05, 0.1) is 10.9 Å². The molecule has 0 aliphatic rings. The standard InChI is InChI=1S/C21H11NO/c1-2-5-13-11-16-15(10-12(13)4-1)14-6-3-7-17-19(14)20-18(23-17)8-9-22-21(16)20/h1-11H. The second-order valence-corrected chi connectivity index (χ2v) is 6.06. The lowest BCUT2D eigenvalue weighted by Crippen LogP contribution is -1.85. The molecule has 0 fully saturated rings. The summed E-state index contributed by atoms with van der Waals surface area (Å²) >= 11 is 0. The minimum atomic E-state index is 0.913. The molecular formula is C21H11NO. The van der Waals surface area contributed by atoms with Crippen LogP contribution in [0.25, 0.3) is 54.4 Å². The van der Waals surface area contributed by atoms with Gasteiger partial charge in [0, 0.05) is 17.0 Å². The molecule has 0 radical (unpaired) electrons. The van der Waals surface area contributed by atoms with Gasteiger partial charge in [-0.15, -0.1) is 0 Å². The van der Waals surface area contributed by atoms with Crippen LogP contribution in [0.5, 0.6) is 0 Å². The maximum Gasteiger partial charge on any atom is 0.139 e. The summed E-state index contributed by atoms with van der Waals surface area (Å²) in [5.74, 6) is 0. The summed E-state index contributed by atoms with van der Waals surface area (Å²) in [4.78, 5) is 4.68. The Bertz CT molecular complexity index is 1260. The lowest BCUT2D eigenvalue weighted by molar-refractivity contribution is 0.669. The van der Waals surface area contributed by atoms with Crippen molar-refractivity contribution < 1.29 is 4.42 Å². The van der Waals surface area contributed by atoms with E-state index in [-0.39, 0.29) is 0 Å². The normalized spacial score (nSPS) is 12.3. The summed E-state index contributed by atoms with van der Waals surface area (Å²) in [5, 5.41) is 8.49. The summed E-state index contributed by atoms with van der Waals surface area (Å²) < 4.78 is 6.04. The van der Waals surface area contributed by atoms with Gasteiger partial charge in [-0.1, -0.05) is 36.4 Å². The Morgan fingerprint density at radius 3 is 2.30 bits per heavy atom. The fourth-order valence-corrected chi connectivity index (χ4v) is 3.85. The summed E-state index contributed by atoms with van der Waals surface area (Å²) in [6, 6.07) is 21.2. The molecule has 4 aromatic carbocycles. The molecule has 106 valence electrons. The minimum absolute atomic E-state index is 0.913. The van der Waals surface area contributed by atoms with Crippen molar-refractivity contribution in [3.8, 4) is 0 Å². The number of rotatable bonds is 0. The quantitative estimate of drug-likeness (QED) is 0.258. The Kier molecular flexibility index (Phi) is 1.89. The first-order valence-electron chi connectivity index (χ1n) is 7.74. The molecule has 2 heterocycles. The van der Waals surface area contributed by atoms with Gasteiger partial charge in [-0.3, -0.25) is 4.98 Å². The van der Waals surface area contributed by atoms with E-state index in [0.29, 0.717) is 0 Å². The monoisotopic (exact) mass is 293 g/mol. The molecule has 0 bridgehead atoms. The fraction of sp³-hybridized carbons (Fsp3) is 0. The van der Waals surface area contributed by atoms with Crippen molar-refractivity contribution in [2.24, 2.45) is 0 Å². The van der Waals surface area contributed by atoms with Gasteiger partial charge in [-0.2, -0.15) is 0 Å². The first kappa shape index (κ1) is 11.4. The average Bonchev–Trinajstić information content (AvgIpc) is 2.99. The Labute approximate surface area is 131 Å². The second-order valence-electron chi connectivity index (χ2n) is 6.06. The zero-order chi connectivity index (χ0) is 15.0. The molecule has 23 heavy (non-hydrogen) atoms. The molecule has 2 aromatic heterocycles. The van der Waals surface area contributed by atoms with Gasteiger partial charge < -0.3 is 4.42 Å². The van der Waals surface area contributed by atoms with Crippen molar-refractivity contribution in [1.82, 2.24) is 4.98 Å². The zero-order valence-corrected chi connectivity index (χ0v) is 12.2. The van der Waals surface area contributed by atoms with Crippen molar-refractivity contribution in [2.45, 2.75) is 0 Å². The highest BCUT2D eigenvalue weighted by Gasteiger charge is 2.17. The van der Waals surface area contributed by atoms with Gasteiger partial charge in [-0.25, -0.2) is 0 Å². The maximum atomic E-state index is 6.04. The smallest absolute Gasteiger partial charge is 0.139 e. The summed E-state index contributed by atoms with van der Waals surface area (Å²) in [5.41, 5.74) is 2.88. The molecule has 0 atom stereocenters. The van der Waals surface area contributed by atoms with E-state index in [1.54, 1.807) is 0 Å².